The number of benzene rings is 3. The molecule has 190 valence electrons. The number of carboxylic acid groups (broad SMARTS) is 1. The standard InChI is InChI=1S/C29H32ClNO5/c1-3-35-27-16-21(11-13-26(27)36-19-20-8-5-4-6-9-20)28(24-17-23(30)12-14-25(24)34-2)31-15-7-10-22(18-31)29(32)33/h4-6,8-9,11-14,16-17,22,28H,3,7,10,15,18-19H2,1-2H3,(H,32,33). The number of rotatable bonds is 10. The minimum Gasteiger partial charge on any atom is -0.496 e. The van der Waals surface area contributed by atoms with Crippen molar-refractivity contribution < 1.29 is 24.1 Å². The molecule has 1 N–H and O–H groups in total. The summed E-state index contributed by atoms with van der Waals surface area (Å²) < 4.78 is 17.8. The molecule has 1 saturated heterocycles. The Morgan fingerprint density at radius 1 is 1.06 bits per heavy atom. The highest BCUT2D eigenvalue weighted by Gasteiger charge is 2.33. The average molecular weight is 510 g/mol. The number of hydrogen-bond acceptors (Lipinski definition) is 5. The van der Waals surface area contributed by atoms with Gasteiger partial charge in [0.2, 0.25) is 0 Å². The topological polar surface area (TPSA) is 68.2 Å². The summed E-state index contributed by atoms with van der Waals surface area (Å²) in [5.74, 6) is 0.804. The van der Waals surface area contributed by atoms with E-state index in [9.17, 15) is 9.90 Å². The van der Waals surface area contributed by atoms with Gasteiger partial charge in [0.05, 0.1) is 25.7 Å². The van der Waals surface area contributed by atoms with Crippen LogP contribution in [0.3, 0.4) is 0 Å². The zero-order chi connectivity index (χ0) is 25.5. The minimum absolute atomic E-state index is 0.261. The fraction of sp³-hybridized carbons (Fsp3) is 0.345. The molecule has 1 aliphatic rings. The van der Waals surface area contributed by atoms with Crippen LogP contribution in [0.25, 0.3) is 0 Å². The van der Waals surface area contributed by atoms with Gasteiger partial charge < -0.3 is 19.3 Å². The molecule has 0 aliphatic carbocycles. The average Bonchev–Trinajstić information content (AvgIpc) is 2.89. The molecule has 0 aromatic heterocycles. The first-order chi connectivity index (χ1) is 17.5. The lowest BCUT2D eigenvalue weighted by atomic mass is 9.91. The van der Waals surface area contributed by atoms with Gasteiger partial charge in [-0.1, -0.05) is 48.0 Å². The maximum Gasteiger partial charge on any atom is 0.307 e. The number of carboxylic acids is 1. The number of likely N-dealkylation sites (tertiary alicyclic amines) is 1. The molecule has 0 spiro atoms. The van der Waals surface area contributed by atoms with Crippen molar-refractivity contribution in [3.8, 4) is 17.2 Å². The molecule has 36 heavy (non-hydrogen) atoms. The molecule has 7 heteroatoms. The van der Waals surface area contributed by atoms with Gasteiger partial charge in [-0.25, -0.2) is 0 Å². The van der Waals surface area contributed by atoms with Crippen LogP contribution in [0.15, 0.2) is 66.7 Å². The van der Waals surface area contributed by atoms with Gasteiger partial charge in [-0.2, -0.15) is 0 Å². The van der Waals surface area contributed by atoms with E-state index in [2.05, 4.69) is 4.90 Å². The fourth-order valence-corrected chi connectivity index (χ4v) is 4.95. The molecule has 2 unspecified atom stereocenters. The van der Waals surface area contributed by atoms with Crippen molar-refractivity contribution in [2.45, 2.75) is 32.4 Å². The number of halogens is 1. The van der Waals surface area contributed by atoms with Crippen LogP contribution in [0.5, 0.6) is 17.2 Å². The van der Waals surface area contributed by atoms with E-state index < -0.39 is 11.9 Å². The van der Waals surface area contributed by atoms with Crippen LogP contribution < -0.4 is 14.2 Å². The first kappa shape index (κ1) is 25.9. The van der Waals surface area contributed by atoms with Gasteiger partial charge >= 0.3 is 5.97 Å². The van der Waals surface area contributed by atoms with Crippen molar-refractivity contribution in [3.63, 3.8) is 0 Å². The highest BCUT2D eigenvalue weighted by atomic mass is 35.5. The van der Waals surface area contributed by atoms with Crippen LogP contribution >= 0.6 is 11.6 Å². The van der Waals surface area contributed by atoms with Crippen molar-refractivity contribution >= 4 is 17.6 Å². The van der Waals surface area contributed by atoms with Crippen LogP contribution in [0.1, 0.15) is 42.5 Å². The van der Waals surface area contributed by atoms with Gasteiger partial charge in [-0.15, -0.1) is 0 Å². The smallest absolute Gasteiger partial charge is 0.307 e. The summed E-state index contributed by atoms with van der Waals surface area (Å²) >= 11 is 6.42. The SMILES string of the molecule is CCOc1cc(C(c2cc(Cl)ccc2OC)N2CCCC(C(=O)O)C2)ccc1OCc1ccccc1. The van der Waals surface area contributed by atoms with E-state index in [1.807, 2.05) is 67.6 Å². The molecule has 2 atom stereocenters. The highest BCUT2D eigenvalue weighted by Crippen LogP contribution is 2.41. The Hall–Kier alpha value is -3.22. The Bertz CT molecular complexity index is 1170. The molecular weight excluding hydrogens is 478 g/mol. The Balaban J connectivity index is 1.73. The zero-order valence-corrected chi connectivity index (χ0v) is 21.4. The Labute approximate surface area is 217 Å². The van der Waals surface area contributed by atoms with Gasteiger partial charge in [0.1, 0.15) is 12.4 Å². The Kier molecular flexibility index (Phi) is 8.73. The van der Waals surface area contributed by atoms with E-state index >= 15 is 0 Å². The quantitative estimate of drug-likeness (QED) is 0.350. The third-order valence-electron chi connectivity index (χ3n) is 6.47. The molecule has 0 amide bonds. The lowest BCUT2D eigenvalue weighted by Crippen LogP contribution is -2.41. The molecule has 3 aromatic carbocycles. The normalized spacial score (nSPS) is 16.8. The number of nitrogens with zero attached hydrogens (tertiary/aromatic N) is 1. The highest BCUT2D eigenvalue weighted by molar-refractivity contribution is 6.30. The van der Waals surface area contributed by atoms with Crippen molar-refractivity contribution in [3.05, 3.63) is 88.4 Å². The van der Waals surface area contributed by atoms with Gasteiger partial charge in [0.15, 0.2) is 11.5 Å². The number of ether oxygens (including phenoxy) is 3. The van der Waals surface area contributed by atoms with Crippen molar-refractivity contribution in [1.82, 2.24) is 4.90 Å². The van der Waals surface area contributed by atoms with Crippen LogP contribution in [0.2, 0.25) is 5.02 Å². The zero-order valence-electron chi connectivity index (χ0n) is 20.7. The number of carbonyl (C=O) groups is 1. The largest absolute Gasteiger partial charge is 0.496 e. The van der Waals surface area contributed by atoms with Crippen molar-refractivity contribution in [2.75, 3.05) is 26.8 Å². The molecule has 4 rings (SSSR count). The van der Waals surface area contributed by atoms with E-state index in [0.717, 1.165) is 29.7 Å². The summed E-state index contributed by atoms with van der Waals surface area (Å²) in [6.45, 7) is 4.05. The monoisotopic (exact) mass is 509 g/mol. The lowest BCUT2D eigenvalue weighted by molar-refractivity contribution is -0.143. The van der Waals surface area contributed by atoms with Gasteiger partial charge in [0, 0.05) is 17.1 Å². The summed E-state index contributed by atoms with van der Waals surface area (Å²) in [4.78, 5) is 14.0. The molecule has 0 radical (unpaired) electrons. The van der Waals surface area contributed by atoms with Gasteiger partial charge in [-0.05, 0) is 67.8 Å². The molecule has 1 fully saturated rings. The molecular formula is C29H32ClNO5. The first-order valence-electron chi connectivity index (χ1n) is 12.2. The third kappa shape index (κ3) is 6.12. The number of hydrogen-bond donors (Lipinski definition) is 1. The fourth-order valence-electron chi connectivity index (χ4n) is 4.77. The molecule has 1 aliphatic heterocycles. The molecule has 3 aromatic rings. The number of piperidine rings is 1. The summed E-state index contributed by atoms with van der Waals surface area (Å²) in [5, 5.41) is 10.3. The summed E-state index contributed by atoms with van der Waals surface area (Å²) in [5.41, 5.74) is 2.91. The predicted molar refractivity (Wildman–Crippen MR) is 140 cm³/mol. The molecule has 1 heterocycles. The lowest BCUT2D eigenvalue weighted by Gasteiger charge is -2.38. The second kappa shape index (κ2) is 12.2. The first-order valence-corrected chi connectivity index (χ1v) is 12.6. The second-order valence-electron chi connectivity index (χ2n) is 8.87. The number of aliphatic carboxylic acids is 1. The van der Waals surface area contributed by atoms with Crippen LogP contribution in [0, 0.1) is 5.92 Å². The molecule has 0 bridgehead atoms. The minimum atomic E-state index is -0.767. The van der Waals surface area contributed by atoms with Crippen LogP contribution in [-0.4, -0.2) is 42.8 Å². The summed E-state index contributed by atoms with van der Waals surface area (Å²) in [6.07, 6.45) is 1.47. The third-order valence-corrected chi connectivity index (χ3v) is 6.71. The molecule has 0 saturated carbocycles. The maximum atomic E-state index is 11.8. The van der Waals surface area contributed by atoms with E-state index in [1.165, 1.54) is 0 Å². The van der Waals surface area contributed by atoms with Gasteiger partial charge in [-0.3, -0.25) is 9.69 Å². The Morgan fingerprint density at radius 2 is 1.83 bits per heavy atom. The predicted octanol–water partition coefficient (Wildman–Crippen LogP) is 6.21. The van der Waals surface area contributed by atoms with Gasteiger partial charge in [0.25, 0.3) is 0 Å². The number of methoxy groups -OCH3 is 1. The van der Waals surface area contributed by atoms with E-state index in [4.69, 9.17) is 25.8 Å². The Morgan fingerprint density at radius 3 is 2.56 bits per heavy atom. The van der Waals surface area contributed by atoms with E-state index in [-0.39, 0.29) is 6.04 Å². The van der Waals surface area contributed by atoms with Crippen LogP contribution in [0.4, 0.5) is 0 Å². The van der Waals surface area contributed by atoms with E-state index in [0.29, 0.717) is 48.5 Å². The van der Waals surface area contributed by atoms with Crippen molar-refractivity contribution in [2.24, 2.45) is 5.92 Å². The summed E-state index contributed by atoms with van der Waals surface area (Å²) in [7, 11) is 1.63. The second-order valence-corrected chi connectivity index (χ2v) is 9.31. The molecule has 6 nitrogen and oxygen atoms in total. The van der Waals surface area contributed by atoms with E-state index in [1.54, 1.807) is 13.2 Å². The maximum absolute atomic E-state index is 11.8. The summed E-state index contributed by atoms with van der Waals surface area (Å²) in [6, 6.07) is 21.2. The van der Waals surface area contributed by atoms with Crippen LogP contribution in [-0.2, 0) is 11.4 Å². The van der Waals surface area contributed by atoms with Crippen molar-refractivity contribution in [1.29, 1.82) is 0 Å².